The SMILES string of the molecule is CCCN(CCCC(=O)O)c1cc(C)ccc1OC. The third-order valence-corrected chi connectivity index (χ3v) is 2.99. The number of methoxy groups -OCH3 is 1. The van der Waals surface area contributed by atoms with Gasteiger partial charge >= 0.3 is 5.97 Å². The van der Waals surface area contributed by atoms with Gasteiger partial charge in [0, 0.05) is 19.5 Å². The van der Waals surface area contributed by atoms with E-state index in [4.69, 9.17) is 9.84 Å². The molecule has 0 spiro atoms. The summed E-state index contributed by atoms with van der Waals surface area (Å²) in [6.45, 7) is 5.80. The molecule has 1 N–H and O–H groups in total. The molecule has 1 aromatic carbocycles. The molecule has 0 fully saturated rings. The summed E-state index contributed by atoms with van der Waals surface area (Å²) in [5.74, 6) is 0.0991. The first kappa shape index (κ1) is 15.3. The summed E-state index contributed by atoms with van der Waals surface area (Å²) < 4.78 is 5.40. The van der Waals surface area contributed by atoms with Gasteiger partial charge in [-0.25, -0.2) is 0 Å². The van der Waals surface area contributed by atoms with E-state index in [-0.39, 0.29) is 6.42 Å². The van der Waals surface area contributed by atoms with Crippen LogP contribution in [-0.2, 0) is 4.79 Å². The molecule has 1 aromatic rings. The third-order valence-electron chi connectivity index (χ3n) is 2.99. The topological polar surface area (TPSA) is 49.8 Å². The number of hydrogen-bond acceptors (Lipinski definition) is 3. The zero-order chi connectivity index (χ0) is 14.3. The van der Waals surface area contributed by atoms with E-state index in [1.165, 1.54) is 5.56 Å². The van der Waals surface area contributed by atoms with Gasteiger partial charge in [-0.05, 0) is 37.5 Å². The second-order valence-corrected chi connectivity index (χ2v) is 4.66. The van der Waals surface area contributed by atoms with Crippen LogP contribution in [0.15, 0.2) is 18.2 Å². The number of hydrogen-bond donors (Lipinski definition) is 1. The largest absolute Gasteiger partial charge is 0.495 e. The van der Waals surface area contributed by atoms with E-state index in [1.54, 1.807) is 7.11 Å². The van der Waals surface area contributed by atoms with Crippen LogP contribution in [0.25, 0.3) is 0 Å². The second-order valence-electron chi connectivity index (χ2n) is 4.66. The van der Waals surface area contributed by atoms with Crippen LogP contribution < -0.4 is 9.64 Å². The normalized spacial score (nSPS) is 10.3. The molecule has 0 saturated heterocycles. The molecule has 0 radical (unpaired) electrons. The zero-order valence-corrected chi connectivity index (χ0v) is 12.0. The van der Waals surface area contributed by atoms with Gasteiger partial charge in [-0.2, -0.15) is 0 Å². The molecule has 0 unspecified atom stereocenters. The van der Waals surface area contributed by atoms with Gasteiger partial charge in [-0.3, -0.25) is 4.79 Å². The van der Waals surface area contributed by atoms with Crippen molar-refractivity contribution in [3.8, 4) is 5.75 Å². The summed E-state index contributed by atoms with van der Waals surface area (Å²) in [7, 11) is 1.66. The van der Waals surface area contributed by atoms with Gasteiger partial charge in [-0.15, -0.1) is 0 Å². The lowest BCUT2D eigenvalue weighted by atomic mass is 10.1. The molecule has 0 aliphatic rings. The van der Waals surface area contributed by atoms with E-state index in [9.17, 15) is 4.79 Å². The van der Waals surface area contributed by atoms with Gasteiger partial charge in [0.1, 0.15) is 5.75 Å². The quantitative estimate of drug-likeness (QED) is 0.784. The number of nitrogens with zero attached hydrogens (tertiary/aromatic N) is 1. The smallest absolute Gasteiger partial charge is 0.303 e. The molecule has 0 aliphatic carbocycles. The maximum atomic E-state index is 10.6. The molecule has 19 heavy (non-hydrogen) atoms. The Hall–Kier alpha value is -1.71. The Kier molecular flexibility index (Phi) is 6.19. The van der Waals surface area contributed by atoms with Gasteiger partial charge in [-0.1, -0.05) is 13.0 Å². The highest BCUT2D eigenvalue weighted by molar-refractivity contribution is 5.67. The fourth-order valence-electron chi connectivity index (χ4n) is 2.09. The molecule has 4 heteroatoms. The Labute approximate surface area is 115 Å². The predicted octanol–water partition coefficient (Wildman–Crippen LogP) is 3.08. The van der Waals surface area contributed by atoms with Gasteiger partial charge in [0.15, 0.2) is 0 Å². The first-order chi connectivity index (χ1) is 9.08. The maximum absolute atomic E-state index is 10.6. The van der Waals surface area contributed by atoms with Crippen molar-refractivity contribution in [1.29, 1.82) is 0 Å². The van der Waals surface area contributed by atoms with Gasteiger partial charge in [0.05, 0.1) is 12.8 Å². The number of aryl methyl sites for hydroxylation is 1. The van der Waals surface area contributed by atoms with E-state index in [1.807, 2.05) is 19.1 Å². The van der Waals surface area contributed by atoms with Crippen LogP contribution in [0.1, 0.15) is 31.7 Å². The number of carboxylic acids is 1. The van der Waals surface area contributed by atoms with Crippen LogP contribution in [-0.4, -0.2) is 31.3 Å². The molecule has 0 saturated carbocycles. The third kappa shape index (κ3) is 4.81. The Morgan fingerprint density at radius 1 is 1.37 bits per heavy atom. The highest BCUT2D eigenvalue weighted by atomic mass is 16.5. The standard InChI is InChI=1S/C15H23NO3/c1-4-9-16(10-5-6-15(17)18)13-11-12(2)7-8-14(13)19-3/h7-8,11H,4-6,9-10H2,1-3H3,(H,17,18). The molecule has 0 heterocycles. The Bertz CT molecular complexity index is 418. The second kappa shape index (κ2) is 7.67. The first-order valence-corrected chi connectivity index (χ1v) is 6.69. The highest BCUT2D eigenvalue weighted by Crippen LogP contribution is 2.29. The predicted molar refractivity (Wildman–Crippen MR) is 77.1 cm³/mol. The van der Waals surface area contributed by atoms with Crippen molar-refractivity contribution in [3.05, 3.63) is 23.8 Å². The summed E-state index contributed by atoms with van der Waals surface area (Å²) in [6, 6.07) is 6.07. The number of rotatable bonds is 8. The molecule has 0 atom stereocenters. The molecular weight excluding hydrogens is 242 g/mol. The molecule has 4 nitrogen and oxygen atoms in total. The lowest BCUT2D eigenvalue weighted by Gasteiger charge is -2.26. The zero-order valence-electron chi connectivity index (χ0n) is 12.0. The summed E-state index contributed by atoms with van der Waals surface area (Å²) in [5.41, 5.74) is 2.23. The van der Waals surface area contributed by atoms with Crippen molar-refractivity contribution < 1.29 is 14.6 Å². The lowest BCUT2D eigenvalue weighted by molar-refractivity contribution is -0.137. The Balaban J connectivity index is 2.84. The summed E-state index contributed by atoms with van der Waals surface area (Å²) in [6.07, 6.45) is 1.87. The van der Waals surface area contributed by atoms with E-state index >= 15 is 0 Å². The molecule has 106 valence electrons. The van der Waals surface area contributed by atoms with Crippen LogP contribution in [0.4, 0.5) is 5.69 Å². The van der Waals surface area contributed by atoms with Crippen molar-refractivity contribution in [1.82, 2.24) is 0 Å². The fraction of sp³-hybridized carbons (Fsp3) is 0.533. The first-order valence-electron chi connectivity index (χ1n) is 6.69. The average Bonchev–Trinajstić information content (AvgIpc) is 2.37. The summed E-state index contributed by atoms with van der Waals surface area (Å²) >= 11 is 0. The number of benzene rings is 1. The van der Waals surface area contributed by atoms with E-state index in [2.05, 4.69) is 17.9 Å². The van der Waals surface area contributed by atoms with Crippen LogP contribution >= 0.6 is 0 Å². The molecule has 1 rings (SSSR count). The lowest BCUT2D eigenvalue weighted by Crippen LogP contribution is -2.26. The molecular formula is C15H23NO3. The molecule has 0 aromatic heterocycles. The van der Waals surface area contributed by atoms with Gasteiger partial charge in [0.2, 0.25) is 0 Å². The highest BCUT2D eigenvalue weighted by Gasteiger charge is 2.12. The summed E-state index contributed by atoms with van der Waals surface area (Å²) in [4.78, 5) is 12.8. The van der Waals surface area contributed by atoms with Crippen LogP contribution in [0.3, 0.4) is 0 Å². The number of carbonyl (C=O) groups is 1. The number of anilines is 1. The Morgan fingerprint density at radius 2 is 2.11 bits per heavy atom. The number of carboxylic acid groups (broad SMARTS) is 1. The van der Waals surface area contributed by atoms with Gasteiger partial charge in [0.25, 0.3) is 0 Å². The van der Waals surface area contributed by atoms with Crippen molar-refractivity contribution in [2.45, 2.75) is 33.1 Å². The minimum atomic E-state index is -0.743. The Morgan fingerprint density at radius 3 is 2.68 bits per heavy atom. The number of ether oxygens (including phenoxy) is 1. The van der Waals surface area contributed by atoms with E-state index in [0.717, 1.165) is 30.9 Å². The maximum Gasteiger partial charge on any atom is 0.303 e. The van der Waals surface area contributed by atoms with Crippen molar-refractivity contribution in [2.75, 3.05) is 25.1 Å². The minimum Gasteiger partial charge on any atom is -0.495 e. The number of aliphatic carboxylic acids is 1. The molecule has 0 bridgehead atoms. The van der Waals surface area contributed by atoms with Crippen molar-refractivity contribution in [3.63, 3.8) is 0 Å². The van der Waals surface area contributed by atoms with Crippen molar-refractivity contribution >= 4 is 11.7 Å². The van der Waals surface area contributed by atoms with Crippen LogP contribution in [0.2, 0.25) is 0 Å². The van der Waals surface area contributed by atoms with Gasteiger partial charge < -0.3 is 14.7 Å². The minimum absolute atomic E-state index is 0.203. The fourth-order valence-corrected chi connectivity index (χ4v) is 2.09. The van der Waals surface area contributed by atoms with Crippen LogP contribution in [0, 0.1) is 6.92 Å². The monoisotopic (exact) mass is 265 g/mol. The summed E-state index contributed by atoms with van der Waals surface area (Å²) in [5, 5.41) is 8.73. The van der Waals surface area contributed by atoms with Crippen LogP contribution in [0.5, 0.6) is 5.75 Å². The molecule has 0 amide bonds. The van der Waals surface area contributed by atoms with Crippen molar-refractivity contribution in [2.24, 2.45) is 0 Å². The van der Waals surface area contributed by atoms with E-state index < -0.39 is 5.97 Å². The molecule has 0 aliphatic heterocycles. The van der Waals surface area contributed by atoms with E-state index in [0.29, 0.717) is 6.42 Å². The average molecular weight is 265 g/mol.